The Hall–Kier alpha value is -2.04. The van der Waals surface area contributed by atoms with Crippen molar-refractivity contribution in [2.45, 2.75) is 52.5 Å². The van der Waals surface area contributed by atoms with Gasteiger partial charge in [0.05, 0.1) is 0 Å². The molecule has 2 heterocycles. The van der Waals surface area contributed by atoms with E-state index in [0.717, 1.165) is 18.4 Å². The van der Waals surface area contributed by atoms with E-state index >= 15 is 0 Å². The van der Waals surface area contributed by atoms with Crippen LogP contribution in [-0.2, 0) is 10.2 Å². The lowest BCUT2D eigenvalue weighted by molar-refractivity contribution is 0.279. The Morgan fingerprint density at radius 2 is 1.97 bits per heavy atom. The van der Waals surface area contributed by atoms with Crippen LogP contribution >= 0.6 is 0 Å². The third-order valence-electron chi connectivity index (χ3n) is 5.77. The molecule has 8 nitrogen and oxygen atoms in total. The van der Waals surface area contributed by atoms with Gasteiger partial charge < -0.3 is 4.42 Å². The van der Waals surface area contributed by atoms with Crippen molar-refractivity contribution >= 4 is 10.2 Å². The molecular weight excluding hydrogens is 399 g/mol. The molecule has 1 saturated heterocycles. The molecule has 1 fully saturated rings. The van der Waals surface area contributed by atoms with Crippen LogP contribution in [0.3, 0.4) is 0 Å². The van der Waals surface area contributed by atoms with E-state index in [-0.39, 0.29) is 5.89 Å². The Morgan fingerprint density at radius 1 is 1.31 bits per heavy atom. The minimum Gasteiger partial charge on any atom is -0.391 e. The average Bonchev–Trinajstić information content (AvgIpc) is 3.09. The topological polar surface area (TPSA) is 108 Å². The molecule has 1 aliphatic rings. The fourth-order valence-corrected chi connectivity index (χ4v) is 5.20. The summed E-state index contributed by atoms with van der Waals surface area (Å²) in [6.07, 6.45) is 1.54. The molecule has 0 unspecified atom stereocenters. The highest BCUT2D eigenvalue weighted by atomic mass is 32.2. The quantitative estimate of drug-likeness (QED) is 0.738. The Labute approximate surface area is 169 Å². The van der Waals surface area contributed by atoms with Crippen molar-refractivity contribution in [1.82, 2.24) is 19.2 Å². The van der Waals surface area contributed by atoms with Gasteiger partial charge in [0.2, 0.25) is 5.89 Å². The van der Waals surface area contributed by atoms with Crippen LogP contribution in [0.5, 0.6) is 0 Å². The van der Waals surface area contributed by atoms with Crippen LogP contribution in [0.4, 0.5) is 4.39 Å². The van der Waals surface area contributed by atoms with E-state index in [1.807, 2.05) is 6.92 Å². The number of nitrogens with zero attached hydrogens (tertiary/aromatic N) is 2. The molecule has 0 spiro atoms. The van der Waals surface area contributed by atoms with E-state index in [1.54, 1.807) is 19.9 Å². The van der Waals surface area contributed by atoms with Crippen molar-refractivity contribution in [1.29, 1.82) is 0 Å². The summed E-state index contributed by atoms with van der Waals surface area (Å²) in [7, 11) is -3.89. The molecule has 3 rings (SSSR count). The number of nitrogens with one attached hydrogen (secondary N) is 2. The minimum atomic E-state index is -3.89. The lowest BCUT2D eigenvalue weighted by Crippen LogP contribution is -2.46. The Balaban J connectivity index is 1.98. The van der Waals surface area contributed by atoms with Crippen molar-refractivity contribution in [2.24, 2.45) is 5.92 Å². The number of halogens is 1. The Bertz CT molecular complexity index is 1030. The number of piperidine rings is 1. The molecule has 29 heavy (non-hydrogen) atoms. The third-order valence-corrected chi connectivity index (χ3v) is 7.36. The molecule has 0 radical (unpaired) electrons. The maximum Gasteiger partial charge on any atom is 0.434 e. The summed E-state index contributed by atoms with van der Waals surface area (Å²) >= 11 is 0. The minimum absolute atomic E-state index is 0.128. The predicted molar refractivity (Wildman–Crippen MR) is 106 cm³/mol. The lowest BCUT2D eigenvalue weighted by atomic mass is 9.88. The van der Waals surface area contributed by atoms with Gasteiger partial charge in [0.1, 0.15) is 11.9 Å². The fraction of sp³-hybridized carbons (Fsp3) is 0.579. The van der Waals surface area contributed by atoms with Gasteiger partial charge in [-0.2, -0.15) is 17.4 Å². The van der Waals surface area contributed by atoms with Crippen LogP contribution in [0.2, 0.25) is 0 Å². The molecule has 0 amide bonds. The van der Waals surface area contributed by atoms with Gasteiger partial charge in [-0.05, 0) is 55.4 Å². The molecule has 2 aromatic rings. The van der Waals surface area contributed by atoms with Gasteiger partial charge in [0.15, 0.2) is 0 Å². The third kappa shape index (κ3) is 4.59. The number of hydrogen-bond acceptors (Lipinski definition) is 5. The Morgan fingerprint density at radius 3 is 2.55 bits per heavy atom. The molecule has 160 valence electrons. The second kappa shape index (κ2) is 8.37. The zero-order valence-corrected chi connectivity index (χ0v) is 17.8. The summed E-state index contributed by atoms with van der Waals surface area (Å²) in [4.78, 5) is 11.5. The summed E-state index contributed by atoms with van der Waals surface area (Å²) in [6, 6.07) is 1.98. The van der Waals surface area contributed by atoms with Gasteiger partial charge in [-0.1, -0.05) is 19.9 Å². The monoisotopic (exact) mass is 426 g/mol. The van der Waals surface area contributed by atoms with E-state index in [2.05, 4.69) is 21.8 Å². The maximum absolute atomic E-state index is 14.7. The molecule has 0 saturated carbocycles. The second-order valence-corrected chi connectivity index (χ2v) is 9.53. The van der Waals surface area contributed by atoms with Crippen molar-refractivity contribution in [3.8, 4) is 0 Å². The average molecular weight is 427 g/mol. The van der Waals surface area contributed by atoms with Crippen LogP contribution in [0.1, 0.15) is 61.2 Å². The predicted octanol–water partition coefficient (Wildman–Crippen LogP) is 2.53. The largest absolute Gasteiger partial charge is 0.434 e. The first kappa shape index (κ1) is 21.7. The summed E-state index contributed by atoms with van der Waals surface area (Å²) in [6.45, 7) is 8.21. The van der Waals surface area contributed by atoms with Crippen LogP contribution < -0.4 is 10.5 Å². The van der Waals surface area contributed by atoms with Crippen LogP contribution in [0.15, 0.2) is 21.3 Å². The van der Waals surface area contributed by atoms with Crippen LogP contribution in [0.25, 0.3) is 0 Å². The second-order valence-electron chi connectivity index (χ2n) is 7.83. The van der Waals surface area contributed by atoms with Crippen molar-refractivity contribution in [3.05, 3.63) is 51.1 Å². The summed E-state index contributed by atoms with van der Waals surface area (Å²) < 4.78 is 49.7. The number of aryl methyl sites for hydroxylation is 1. The summed E-state index contributed by atoms with van der Waals surface area (Å²) in [5, 5.41) is 5.97. The van der Waals surface area contributed by atoms with Crippen molar-refractivity contribution in [3.63, 3.8) is 0 Å². The molecule has 2 atom stereocenters. The van der Waals surface area contributed by atoms with Crippen molar-refractivity contribution in [2.75, 3.05) is 13.1 Å². The highest BCUT2D eigenvalue weighted by Crippen LogP contribution is 2.35. The number of aromatic amines is 1. The number of hydrogen-bond donors (Lipinski definition) is 2. The number of rotatable bonds is 6. The zero-order valence-electron chi connectivity index (χ0n) is 17.0. The molecule has 1 aliphatic heterocycles. The first-order valence-corrected chi connectivity index (χ1v) is 11.1. The first-order chi connectivity index (χ1) is 13.6. The molecule has 10 heteroatoms. The highest BCUT2D eigenvalue weighted by Gasteiger charge is 2.35. The van der Waals surface area contributed by atoms with Gasteiger partial charge in [-0.3, -0.25) is 0 Å². The van der Waals surface area contributed by atoms with E-state index in [0.29, 0.717) is 30.1 Å². The lowest BCUT2D eigenvalue weighted by Gasteiger charge is -2.32. The maximum atomic E-state index is 14.7. The number of benzene rings is 1. The van der Waals surface area contributed by atoms with Crippen LogP contribution in [0, 0.1) is 25.6 Å². The molecule has 0 aliphatic carbocycles. The summed E-state index contributed by atoms with van der Waals surface area (Å²) in [5.41, 5.74) is 1.95. The van der Waals surface area contributed by atoms with Crippen LogP contribution in [-0.4, -0.2) is 36.0 Å². The van der Waals surface area contributed by atoms with E-state index < -0.39 is 33.7 Å². The first-order valence-electron chi connectivity index (χ1n) is 9.68. The highest BCUT2D eigenvalue weighted by molar-refractivity contribution is 7.87. The van der Waals surface area contributed by atoms with Gasteiger partial charge in [0, 0.05) is 19.0 Å². The standard InChI is InChI=1S/C19H27FN4O4S/c1-11-7-9-24(10-8-11)29(26,27)23-17(18-21-22-19(25)28-18)14(4)16-13(3)12(2)5-6-15(16)20/h5-6,11,14,17,23H,7-10H2,1-4H3,(H,22,25)/t14-,17+/m1/s1. The Kier molecular flexibility index (Phi) is 6.25. The van der Waals surface area contributed by atoms with Crippen molar-refractivity contribution < 1.29 is 17.2 Å². The fourth-order valence-electron chi connectivity index (χ4n) is 3.73. The molecule has 2 N–H and O–H groups in total. The number of aromatic nitrogens is 2. The van der Waals surface area contributed by atoms with E-state index in [9.17, 15) is 17.6 Å². The van der Waals surface area contributed by atoms with E-state index in [4.69, 9.17) is 4.42 Å². The SMILES string of the molecule is Cc1ccc(F)c([C@@H](C)[C@H](NS(=O)(=O)N2CCC(C)CC2)c2n[nH]c(=O)o2)c1C. The molecule has 1 aromatic carbocycles. The number of H-pyrrole nitrogens is 1. The van der Waals surface area contributed by atoms with Gasteiger partial charge in [-0.25, -0.2) is 14.3 Å². The normalized spacial score (nSPS) is 18.7. The van der Waals surface area contributed by atoms with Gasteiger partial charge >= 0.3 is 5.76 Å². The molecule has 1 aromatic heterocycles. The zero-order chi connectivity index (χ0) is 21.3. The van der Waals surface area contributed by atoms with Gasteiger partial charge in [0.25, 0.3) is 10.2 Å². The van der Waals surface area contributed by atoms with E-state index in [1.165, 1.54) is 10.4 Å². The van der Waals surface area contributed by atoms with Gasteiger partial charge in [-0.15, -0.1) is 5.10 Å². The molecule has 0 bridgehead atoms. The smallest absolute Gasteiger partial charge is 0.391 e. The molecular formula is C19H27FN4O4S. The summed E-state index contributed by atoms with van der Waals surface area (Å²) in [5.74, 6) is -1.58.